The lowest BCUT2D eigenvalue weighted by Gasteiger charge is -2.23. The van der Waals surface area contributed by atoms with Crippen molar-refractivity contribution >= 4 is 11.8 Å². The van der Waals surface area contributed by atoms with E-state index in [1.807, 2.05) is 68.5 Å². The molecule has 1 aliphatic carbocycles. The Morgan fingerprint density at radius 3 is 2.77 bits per heavy atom. The van der Waals surface area contributed by atoms with Gasteiger partial charge in [0.2, 0.25) is 0 Å². The summed E-state index contributed by atoms with van der Waals surface area (Å²) < 4.78 is 1.73. The molecule has 3 N–H and O–H groups in total. The number of allylic oxidation sites excluding steroid dienone is 4. The van der Waals surface area contributed by atoms with Crippen LogP contribution in [-0.4, -0.2) is 33.1 Å². The van der Waals surface area contributed by atoms with Gasteiger partial charge in [0.1, 0.15) is 5.82 Å². The first-order valence-electron chi connectivity index (χ1n) is 10.3. The summed E-state index contributed by atoms with van der Waals surface area (Å²) >= 11 is 0. The van der Waals surface area contributed by atoms with Crippen molar-refractivity contribution in [2.24, 2.45) is 0 Å². The SMILES string of the molecule is C=C1/C=C\C=C/C[C@@H](NC(=O)Nc2c(C)c(C)nn2-c2ccccc2)[C@H](O)CCC1. The highest BCUT2D eigenvalue weighted by molar-refractivity contribution is 5.89. The molecule has 3 rings (SSSR count). The normalized spacial score (nSPS) is 22.0. The third kappa shape index (κ3) is 5.48. The monoisotopic (exact) mass is 406 g/mol. The highest BCUT2D eigenvalue weighted by atomic mass is 16.3. The number of hydrogen-bond donors (Lipinski definition) is 3. The van der Waals surface area contributed by atoms with Gasteiger partial charge in [0.25, 0.3) is 0 Å². The summed E-state index contributed by atoms with van der Waals surface area (Å²) in [4.78, 5) is 12.8. The van der Waals surface area contributed by atoms with E-state index in [0.717, 1.165) is 35.4 Å². The van der Waals surface area contributed by atoms with Crippen molar-refractivity contribution in [2.75, 3.05) is 5.32 Å². The fourth-order valence-electron chi connectivity index (χ4n) is 3.45. The van der Waals surface area contributed by atoms with Gasteiger partial charge in [-0.2, -0.15) is 5.10 Å². The summed E-state index contributed by atoms with van der Waals surface area (Å²) in [5.41, 5.74) is 3.66. The molecule has 0 spiro atoms. The molecule has 1 aliphatic rings. The Morgan fingerprint density at radius 2 is 2.00 bits per heavy atom. The number of aryl methyl sites for hydroxylation is 1. The lowest BCUT2D eigenvalue weighted by molar-refractivity contribution is 0.120. The summed E-state index contributed by atoms with van der Waals surface area (Å²) in [6.07, 6.45) is 9.97. The van der Waals surface area contributed by atoms with Gasteiger partial charge in [-0.1, -0.05) is 54.7 Å². The molecule has 0 fully saturated rings. The van der Waals surface area contributed by atoms with E-state index in [9.17, 15) is 9.90 Å². The summed E-state index contributed by atoms with van der Waals surface area (Å²) in [5.74, 6) is 0.622. The van der Waals surface area contributed by atoms with Crippen molar-refractivity contribution in [3.8, 4) is 5.69 Å². The minimum atomic E-state index is -0.631. The molecule has 0 saturated heterocycles. The number of aliphatic hydroxyl groups is 1. The number of nitrogens with one attached hydrogen (secondary N) is 2. The minimum Gasteiger partial charge on any atom is -0.391 e. The van der Waals surface area contributed by atoms with E-state index < -0.39 is 6.10 Å². The molecule has 2 atom stereocenters. The van der Waals surface area contributed by atoms with Crippen LogP contribution in [0.3, 0.4) is 0 Å². The van der Waals surface area contributed by atoms with Crippen molar-refractivity contribution in [1.82, 2.24) is 15.1 Å². The van der Waals surface area contributed by atoms with E-state index in [1.54, 1.807) is 4.68 Å². The molecule has 1 aromatic carbocycles. The number of urea groups is 1. The van der Waals surface area contributed by atoms with Gasteiger partial charge >= 0.3 is 6.03 Å². The van der Waals surface area contributed by atoms with Crippen LogP contribution in [-0.2, 0) is 0 Å². The first kappa shape index (κ1) is 21.6. The first-order valence-corrected chi connectivity index (χ1v) is 10.3. The van der Waals surface area contributed by atoms with Crippen LogP contribution in [0.2, 0.25) is 0 Å². The van der Waals surface area contributed by atoms with E-state index in [1.165, 1.54) is 0 Å². The molecule has 30 heavy (non-hydrogen) atoms. The molecular formula is C24H30N4O2. The maximum Gasteiger partial charge on any atom is 0.320 e. The van der Waals surface area contributed by atoms with E-state index >= 15 is 0 Å². The number of carbonyl (C=O) groups excluding carboxylic acids is 1. The van der Waals surface area contributed by atoms with Crippen LogP contribution in [0.5, 0.6) is 0 Å². The van der Waals surface area contributed by atoms with Crippen molar-refractivity contribution in [3.63, 3.8) is 0 Å². The number of anilines is 1. The van der Waals surface area contributed by atoms with Gasteiger partial charge in [0.05, 0.1) is 23.5 Å². The van der Waals surface area contributed by atoms with Gasteiger partial charge in [-0.3, -0.25) is 5.32 Å². The standard InChI is InChI=1S/C24H30N4O2/c1-17-11-6-4-9-15-21(22(29)16-10-12-17)25-24(30)26-23-18(2)19(3)27-28(23)20-13-7-5-8-14-20/h4-9,11,13-14,21-22,29H,1,10,12,15-16H2,2-3H3,(H2,25,26,30)/b9-4-,11-6-/t21-,22-/m1/s1. The molecule has 158 valence electrons. The predicted molar refractivity (Wildman–Crippen MR) is 121 cm³/mol. The van der Waals surface area contributed by atoms with Gasteiger partial charge in [-0.15, -0.1) is 0 Å². The minimum absolute atomic E-state index is 0.359. The Labute approximate surface area is 178 Å². The second-order valence-corrected chi connectivity index (χ2v) is 7.65. The Kier molecular flexibility index (Phi) is 7.25. The van der Waals surface area contributed by atoms with Crippen LogP contribution in [0, 0.1) is 13.8 Å². The van der Waals surface area contributed by atoms with Crippen molar-refractivity contribution in [1.29, 1.82) is 0 Å². The average Bonchev–Trinajstić information content (AvgIpc) is 2.99. The molecule has 2 amide bonds. The van der Waals surface area contributed by atoms with Crippen LogP contribution in [0.4, 0.5) is 10.6 Å². The topological polar surface area (TPSA) is 79.2 Å². The number of carbonyl (C=O) groups is 1. The number of rotatable bonds is 3. The zero-order chi connectivity index (χ0) is 21.5. The molecule has 0 radical (unpaired) electrons. The molecule has 6 heteroatoms. The van der Waals surface area contributed by atoms with Gasteiger partial charge in [-0.25, -0.2) is 9.48 Å². The zero-order valence-electron chi connectivity index (χ0n) is 17.6. The fraction of sp³-hybridized carbons (Fsp3) is 0.333. The summed E-state index contributed by atoms with van der Waals surface area (Å²) in [5, 5.41) is 21.1. The summed E-state index contributed by atoms with van der Waals surface area (Å²) in [7, 11) is 0. The van der Waals surface area contributed by atoms with E-state index in [4.69, 9.17) is 0 Å². The second-order valence-electron chi connectivity index (χ2n) is 7.65. The van der Waals surface area contributed by atoms with E-state index in [2.05, 4.69) is 22.3 Å². The Morgan fingerprint density at radius 1 is 1.23 bits per heavy atom. The van der Waals surface area contributed by atoms with Crippen molar-refractivity contribution in [2.45, 2.75) is 51.7 Å². The maximum absolute atomic E-state index is 12.8. The predicted octanol–water partition coefficient (Wildman–Crippen LogP) is 4.58. The highest BCUT2D eigenvalue weighted by Gasteiger charge is 2.22. The summed E-state index contributed by atoms with van der Waals surface area (Å²) in [6.45, 7) is 7.86. The van der Waals surface area contributed by atoms with E-state index in [-0.39, 0.29) is 12.1 Å². The Bertz CT molecular complexity index is 944. The number of aromatic nitrogens is 2. The number of aliphatic hydroxyl groups excluding tert-OH is 1. The molecule has 1 heterocycles. The Hall–Kier alpha value is -3.12. The molecule has 1 aromatic heterocycles. The number of para-hydroxylation sites is 1. The van der Waals surface area contributed by atoms with Gasteiger partial charge in [0, 0.05) is 5.56 Å². The molecule has 6 nitrogen and oxygen atoms in total. The van der Waals surface area contributed by atoms with E-state index in [0.29, 0.717) is 18.7 Å². The maximum atomic E-state index is 12.8. The molecule has 0 saturated carbocycles. The largest absolute Gasteiger partial charge is 0.391 e. The smallest absolute Gasteiger partial charge is 0.320 e. The zero-order valence-corrected chi connectivity index (χ0v) is 17.6. The molecule has 0 aliphatic heterocycles. The number of benzene rings is 1. The average molecular weight is 407 g/mol. The molecule has 0 unspecified atom stereocenters. The lowest BCUT2D eigenvalue weighted by Crippen LogP contribution is -2.45. The number of hydrogen-bond acceptors (Lipinski definition) is 3. The van der Waals surface area contributed by atoms with Gasteiger partial charge in [0.15, 0.2) is 0 Å². The van der Waals surface area contributed by atoms with Crippen LogP contribution < -0.4 is 10.6 Å². The molecular weight excluding hydrogens is 376 g/mol. The summed E-state index contributed by atoms with van der Waals surface area (Å²) in [6, 6.07) is 8.94. The van der Waals surface area contributed by atoms with Crippen molar-refractivity contribution in [3.05, 3.63) is 78.0 Å². The second kappa shape index (κ2) is 10.1. The quantitative estimate of drug-likeness (QED) is 0.698. The lowest BCUT2D eigenvalue weighted by atomic mass is 10.0. The number of nitrogens with zero attached hydrogens (tertiary/aromatic N) is 2. The number of amides is 2. The third-order valence-electron chi connectivity index (χ3n) is 5.34. The van der Waals surface area contributed by atoms with Crippen LogP contribution >= 0.6 is 0 Å². The highest BCUT2D eigenvalue weighted by Crippen LogP contribution is 2.23. The molecule has 0 bridgehead atoms. The first-order chi connectivity index (χ1) is 14.5. The molecule has 2 aromatic rings. The van der Waals surface area contributed by atoms with Gasteiger partial charge in [-0.05, 0) is 51.7 Å². The van der Waals surface area contributed by atoms with Crippen molar-refractivity contribution < 1.29 is 9.90 Å². The van der Waals surface area contributed by atoms with Crippen LogP contribution in [0.15, 0.2) is 66.8 Å². The van der Waals surface area contributed by atoms with Gasteiger partial charge < -0.3 is 10.4 Å². The van der Waals surface area contributed by atoms with Crippen LogP contribution in [0.1, 0.15) is 36.9 Å². The fourth-order valence-corrected chi connectivity index (χ4v) is 3.45. The third-order valence-corrected chi connectivity index (χ3v) is 5.34. The van der Waals surface area contributed by atoms with Crippen LogP contribution in [0.25, 0.3) is 5.69 Å². The Balaban J connectivity index is 1.74.